The van der Waals surface area contributed by atoms with Gasteiger partial charge in [-0.1, -0.05) is 13.3 Å². The molecule has 1 unspecified atom stereocenters. The van der Waals surface area contributed by atoms with Gasteiger partial charge in [-0.25, -0.2) is 0 Å². The van der Waals surface area contributed by atoms with E-state index in [1.807, 2.05) is 6.92 Å². The molecule has 1 amide bonds. The molecule has 0 aliphatic carbocycles. The van der Waals surface area contributed by atoms with Crippen LogP contribution in [0.4, 0.5) is 0 Å². The third kappa shape index (κ3) is 2.83. The van der Waals surface area contributed by atoms with E-state index >= 15 is 0 Å². The Labute approximate surface area is 78.9 Å². The SMILES string of the molecule is CCCC(=O)C1CCCCNC1=O. The van der Waals surface area contributed by atoms with Gasteiger partial charge in [-0.15, -0.1) is 0 Å². The van der Waals surface area contributed by atoms with Crippen molar-refractivity contribution in [3.05, 3.63) is 0 Å². The lowest BCUT2D eigenvalue weighted by molar-refractivity contribution is -0.133. The van der Waals surface area contributed by atoms with Crippen LogP contribution < -0.4 is 5.32 Å². The fourth-order valence-electron chi connectivity index (χ4n) is 1.67. The molecule has 1 aliphatic rings. The van der Waals surface area contributed by atoms with Gasteiger partial charge in [-0.05, 0) is 19.3 Å². The lowest BCUT2D eigenvalue weighted by atomic mass is 9.95. The molecule has 1 heterocycles. The van der Waals surface area contributed by atoms with Crippen molar-refractivity contribution in [1.29, 1.82) is 0 Å². The van der Waals surface area contributed by atoms with E-state index in [2.05, 4.69) is 5.32 Å². The van der Waals surface area contributed by atoms with Crippen molar-refractivity contribution in [3.63, 3.8) is 0 Å². The maximum Gasteiger partial charge on any atom is 0.230 e. The molecule has 1 atom stereocenters. The summed E-state index contributed by atoms with van der Waals surface area (Å²) in [4.78, 5) is 22.9. The summed E-state index contributed by atoms with van der Waals surface area (Å²) in [6.07, 6.45) is 4.10. The van der Waals surface area contributed by atoms with Crippen LogP contribution in [0.3, 0.4) is 0 Å². The summed E-state index contributed by atoms with van der Waals surface area (Å²) in [5.41, 5.74) is 0. The fourth-order valence-corrected chi connectivity index (χ4v) is 1.67. The van der Waals surface area contributed by atoms with Crippen molar-refractivity contribution in [3.8, 4) is 0 Å². The summed E-state index contributed by atoms with van der Waals surface area (Å²) >= 11 is 0. The van der Waals surface area contributed by atoms with E-state index in [-0.39, 0.29) is 17.6 Å². The van der Waals surface area contributed by atoms with Crippen LogP contribution in [0.15, 0.2) is 0 Å². The second kappa shape index (κ2) is 5.00. The third-order valence-corrected chi connectivity index (χ3v) is 2.42. The van der Waals surface area contributed by atoms with Crippen LogP contribution in [0.2, 0.25) is 0 Å². The van der Waals surface area contributed by atoms with E-state index in [1.54, 1.807) is 0 Å². The minimum Gasteiger partial charge on any atom is -0.355 e. The quantitative estimate of drug-likeness (QED) is 0.670. The van der Waals surface area contributed by atoms with Gasteiger partial charge >= 0.3 is 0 Å². The largest absolute Gasteiger partial charge is 0.355 e. The first-order valence-electron chi connectivity index (χ1n) is 5.06. The molecular weight excluding hydrogens is 166 g/mol. The Balaban J connectivity index is 2.53. The monoisotopic (exact) mass is 183 g/mol. The molecule has 0 aromatic carbocycles. The van der Waals surface area contributed by atoms with Crippen LogP contribution in [0.25, 0.3) is 0 Å². The van der Waals surface area contributed by atoms with Gasteiger partial charge in [-0.2, -0.15) is 0 Å². The number of hydrogen-bond donors (Lipinski definition) is 1. The molecule has 0 saturated carbocycles. The smallest absolute Gasteiger partial charge is 0.230 e. The molecule has 0 aromatic heterocycles. The Bertz CT molecular complexity index is 201. The number of ketones is 1. The van der Waals surface area contributed by atoms with Gasteiger partial charge in [0.05, 0.1) is 5.92 Å². The summed E-state index contributed by atoms with van der Waals surface area (Å²) in [6, 6.07) is 0. The number of carbonyl (C=O) groups excluding carboxylic acids is 2. The Kier molecular flexibility index (Phi) is 3.93. The molecule has 0 radical (unpaired) electrons. The number of amides is 1. The predicted molar refractivity (Wildman–Crippen MR) is 50.3 cm³/mol. The highest BCUT2D eigenvalue weighted by Crippen LogP contribution is 2.15. The standard InChI is InChI=1S/C10H17NO2/c1-2-5-9(12)8-6-3-4-7-11-10(8)13/h8H,2-7H2,1H3,(H,11,13). The number of hydrogen-bond acceptors (Lipinski definition) is 2. The van der Waals surface area contributed by atoms with Crippen LogP contribution in [0.1, 0.15) is 39.0 Å². The molecule has 1 N–H and O–H groups in total. The zero-order valence-corrected chi connectivity index (χ0v) is 8.14. The maximum atomic E-state index is 11.5. The van der Waals surface area contributed by atoms with Crippen molar-refractivity contribution in [1.82, 2.24) is 5.32 Å². The molecule has 1 saturated heterocycles. The molecule has 0 bridgehead atoms. The fraction of sp³-hybridized carbons (Fsp3) is 0.800. The average molecular weight is 183 g/mol. The third-order valence-electron chi connectivity index (χ3n) is 2.42. The van der Waals surface area contributed by atoms with E-state index in [1.165, 1.54) is 0 Å². The molecule has 1 aliphatic heterocycles. The average Bonchev–Trinajstić information content (AvgIpc) is 2.30. The second-order valence-electron chi connectivity index (χ2n) is 3.56. The van der Waals surface area contributed by atoms with Crippen molar-refractivity contribution < 1.29 is 9.59 Å². The van der Waals surface area contributed by atoms with E-state index in [4.69, 9.17) is 0 Å². The van der Waals surface area contributed by atoms with Gasteiger partial charge in [0.25, 0.3) is 0 Å². The van der Waals surface area contributed by atoms with Crippen molar-refractivity contribution in [2.24, 2.45) is 5.92 Å². The molecule has 3 heteroatoms. The first-order valence-corrected chi connectivity index (χ1v) is 5.06. The van der Waals surface area contributed by atoms with Gasteiger partial charge in [0.1, 0.15) is 5.78 Å². The van der Waals surface area contributed by atoms with E-state index in [0.29, 0.717) is 6.42 Å². The minimum atomic E-state index is -0.359. The highest BCUT2D eigenvalue weighted by Gasteiger charge is 2.26. The highest BCUT2D eigenvalue weighted by atomic mass is 16.2. The van der Waals surface area contributed by atoms with Gasteiger partial charge < -0.3 is 5.32 Å². The van der Waals surface area contributed by atoms with Crippen LogP contribution in [-0.2, 0) is 9.59 Å². The van der Waals surface area contributed by atoms with Gasteiger partial charge in [0.15, 0.2) is 0 Å². The Morgan fingerprint density at radius 2 is 2.31 bits per heavy atom. The molecular formula is C10H17NO2. The first-order chi connectivity index (χ1) is 6.25. The first kappa shape index (κ1) is 10.2. The Morgan fingerprint density at radius 1 is 1.54 bits per heavy atom. The highest BCUT2D eigenvalue weighted by molar-refractivity contribution is 6.01. The van der Waals surface area contributed by atoms with Gasteiger partial charge in [0.2, 0.25) is 5.91 Å². The summed E-state index contributed by atoms with van der Waals surface area (Å²) in [6.45, 7) is 2.70. The van der Waals surface area contributed by atoms with E-state index < -0.39 is 0 Å². The zero-order chi connectivity index (χ0) is 9.68. The molecule has 0 spiro atoms. The van der Waals surface area contributed by atoms with Crippen LogP contribution in [0.5, 0.6) is 0 Å². The number of nitrogens with one attached hydrogen (secondary N) is 1. The minimum absolute atomic E-state index is 0.0593. The molecule has 1 fully saturated rings. The number of Topliss-reactive ketones (excluding diaryl/α,β-unsaturated/α-hetero) is 1. The maximum absolute atomic E-state index is 11.5. The van der Waals surface area contributed by atoms with Crippen LogP contribution >= 0.6 is 0 Å². The van der Waals surface area contributed by atoms with Crippen molar-refractivity contribution in [2.45, 2.75) is 39.0 Å². The predicted octanol–water partition coefficient (Wildman–Crippen LogP) is 1.27. The molecule has 74 valence electrons. The van der Waals surface area contributed by atoms with E-state index in [0.717, 1.165) is 32.2 Å². The van der Waals surface area contributed by atoms with E-state index in [9.17, 15) is 9.59 Å². The van der Waals surface area contributed by atoms with Crippen LogP contribution in [0, 0.1) is 5.92 Å². The Hall–Kier alpha value is -0.860. The number of carbonyl (C=O) groups is 2. The van der Waals surface area contributed by atoms with Crippen molar-refractivity contribution in [2.75, 3.05) is 6.54 Å². The summed E-state index contributed by atoms with van der Waals surface area (Å²) in [5.74, 6) is -0.305. The molecule has 0 aromatic rings. The Morgan fingerprint density at radius 3 is 3.00 bits per heavy atom. The molecule has 1 rings (SSSR count). The molecule has 13 heavy (non-hydrogen) atoms. The number of rotatable bonds is 3. The summed E-state index contributed by atoms with van der Waals surface area (Å²) in [5, 5.41) is 2.77. The van der Waals surface area contributed by atoms with Crippen LogP contribution in [-0.4, -0.2) is 18.2 Å². The van der Waals surface area contributed by atoms with Gasteiger partial charge in [0, 0.05) is 13.0 Å². The zero-order valence-electron chi connectivity index (χ0n) is 8.14. The van der Waals surface area contributed by atoms with Crippen molar-refractivity contribution >= 4 is 11.7 Å². The lowest BCUT2D eigenvalue weighted by Crippen LogP contribution is -2.33. The summed E-state index contributed by atoms with van der Waals surface area (Å²) < 4.78 is 0. The second-order valence-corrected chi connectivity index (χ2v) is 3.56. The normalized spacial score (nSPS) is 23.5. The van der Waals surface area contributed by atoms with Gasteiger partial charge in [-0.3, -0.25) is 9.59 Å². The topological polar surface area (TPSA) is 46.2 Å². The lowest BCUT2D eigenvalue weighted by Gasteiger charge is -2.10. The molecule has 3 nitrogen and oxygen atoms in total. The summed E-state index contributed by atoms with van der Waals surface area (Å²) in [7, 11) is 0.